The lowest BCUT2D eigenvalue weighted by atomic mass is 10.2. The van der Waals surface area contributed by atoms with Crippen LogP contribution in [0.3, 0.4) is 0 Å². The third-order valence-electron chi connectivity index (χ3n) is 3.32. The molecule has 0 N–H and O–H groups in total. The highest BCUT2D eigenvalue weighted by atomic mass is 32.1. The van der Waals surface area contributed by atoms with Gasteiger partial charge in [-0.1, -0.05) is 11.2 Å². The summed E-state index contributed by atoms with van der Waals surface area (Å²) in [6.45, 7) is 1.97. The van der Waals surface area contributed by atoms with E-state index < -0.39 is 0 Å². The molecule has 0 spiro atoms. The van der Waals surface area contributed by atoms with E-state index in [0.717, 1.165) is 24.3 Å². The van der Waals surface area contributed by atoms with Crippen LogP contribution in [0.1, 0.15) is 28.2 Å². The van der Waals surface area contributed by atoms with E-state index in [-0.39, 0.29) is 12.0 Å². The minimum Gasteiger partial charge on any atom is -0.376 e. The second-order valence-electron chi connectivity index (χ2n) is 4.78. The zero-order chi connectivity index (χ0) is 13.8. The van der Waals surface area contributed by atoms with Crippen molar-refractivity contribution in [3.8, 4) is 0 Å². The van der Waals surface area contributed by atoms with Gasteiger partial charge in [0.1, 0.15) is 6.26 Å². The first-order valence-corrected chi connectivity index (χ1v) is 7.54. The summed E-state index contributed by atoms with van der Waals surface area (Å²) in [6, 6.07) is 5.62. The molecular formula is C14H16N2O3S. The van der Waals surface area contributed by atoms with Crippen LogP contribution in [0.4, 0.5) is 0 Å². The molecule has 3 rings (SSSR count). The smallest absolute Gasteiger partial charge is 0.276 e. The van der Waals surface area contributed by atoms with Gasteiger partial charge in [0.05, 0.1) is 12.6 Å². The summed E-state index contributed by atoms with van der Waals surface area (Å²) < 4.78 is 10.4. The molecular weight excluding hydrogens is 276 g/mol. The molecule has 1 atom stereocenters. The van der Waals surface area contributed by atoms with Gasteiger partial charge < -0.3 is 14.2 Å². The van der Waals surface area contributed by atoms with Crippen molar-refractivity contribution in [3.63, 3.8) is 0 Å². The van der Waals surface area contributed by atoms with E-state index in [9.17, 15) is 4.79 Å². The third-order valence-corrected chi connectivity index (χ3v) is 4.18. The largest absolute Gasteiger partial charge is 0.376 e. The molecule has 3 heterocycles. The number of ether oxygens (including phenoxy) is 1. The third kappa shape index (κ3) is 3.08. The highest BCUT2D eigenvalue weighted by Crippen LogP contribution is 2.18. The van der Waals surface area contributed by atoms with Crippen molar-refractivity contribution in [1.82, 2.24) is 10.1 Å². The number of nitrogens with zero attached hydrogens (tertiary/aromatic N) is 2. The van der Waals surface area contributed by atoms with Gasteiger partial charge >= 0.3 is 0 Å². The van der Waals surface area contributed by atoms with E-state index >= 15 is 0 Å². The minimum absolute atomic E-state index is 0.109. The number of hydrogen-bond donors (Lipinski definition) is 0. The SMILES string of the molecule is O=C(c1ccon1)N(Cc1cccs1)C[C@@H]1CCCO1. The fourth-order valence-corrected chi connectivity index (χ4v) is 3.05. The number of thiophene rings is 1. The Morgan fingerprint density at radius 1 is 1.50 bits per heavy atom. The molecule has 0 saturated carbocycles. The van der Waals surface area contributed by atoms with Crippen molar-refractivity contribution in [2.24, 2.45) is 0 Å². The van der Waals surface area contributed by atoms with E-state index in [2.05, 4.69) is 5.16 Å². The summed E-state index contributed by atoms with van der Waals surface area (Å²) in [4.78, 5) is 15.4. The predicted octanol–water partition coefficient (Wildman–Crippen LogP) is 2.56. The normalized spacial score (nSPS) is 18.3. The lowest BCUT2D eigenvalue weighted by Gasteiger charge is -2.24. The summed E-state index contributed by atoms with van der Waals surface area (Å²) in [7, 11) is 0. The van der Waals surface area contributed by atoms with E-state index in [1.54, 1.807) is 22.3 Å². The van der Waals surface area contributed by atoms with E-state index in [0.29, 0.717) is 18.8 Å². The van der Waals surface area contributed by atoms with Gasteiger partial charge in [-0.05, 0) is 24.3 Å². The quantitative estimate of drug-likeness (QED) is 0.850. The first kappa shape index (κ1) is 13.3. The molecule has 20 heavy (non-hydrogen) atoms. The zero-order valence-corrected chi connectivity index (χ0v) is 11.8. The van der Waals surface area contributed by atoms with Gasteiger partial charge in [-0.3, -0.25) is 4.79 Å². The number of rotatable bonds is 5. The van der Waals surface area contributed by atoms with Crippen molar-refractivity contribution < 1.29 is 14.1 Å². The number of hydrogen-bond acceptors (Lipinski definition) is 5. The lowest BCUT2D eigenvalue weighted by molar-refractivity contribution is 0.0502. The number of amides is 1. The standard InChI is InChI=1S/C14H16N2O3S/c17-14(13-5-7-19-15-13)16(9-11-3-1-6-18-11)10-12-4-2-8-20-12/h2,4-5,7-8,11H,1,3,6,9-10H2/t11-/m0/s1. The highest BCUT2D eigenvalue weighted by Gasteiger charge is 2.25. The van der Waals surface area contributed by atoms with Gasteiger partial charge in [-0.2, -0.15) is 0 Å². The summed E-state index contributed by atoms with van der Waals surface area (Å²) in [5.41, 5.74) is 0.347. The van der Waals surface area contributed by atoms with Crippen molar-refractivity contribution in [3.05, 3.63) is 40.4 Å². The van der Waals surface area contributed by atoms with Crippen LogP contribution in [0.2, 0.25) is 0 Å². The second kappa shape index (κ2) is 6.19. The molecule has 0 unspecified atom stereocenters. The molecule has 1 saturated heterocycles. The molecule has 0 aliphatic carbocycles. The van der Waals surface area contributed by atoms with Crippen LogP contribution in [0.5, 0.6) is 0 Å². The monoisotopic (exact) mass is 292 g/mol. The van der Waals surface area contributed by atoms with Crippen molar-refractivity contribution in [2.45, 2.75) is 25.5 Å². The van der Waals surface area contributed by atoms with Gasteiger partial charge in [-0.15, -0.1) is 11.3 Å². The fraction of sp³-hybridized carbons (Fsp3) is 0.429. The average molecular weight is 292 g/mol. The van der Waals surface area contributed by atoms with Gasteiger partial charge in [-0.25, -0.2) is 0 Å². The van der Waals surface area contributed by atoms with Crippen molar-refractivity contribution in [2.75, 3.05) is 13.2 Å². The molecule has 2 aromatic rings. The molecule has 0 aromatic carbocycles. The molecule has 1 fully saturated rings. The van der Waals surface area contributed by atoms with Crippen LogP contribution >= 0.6 is 11.3 Å². The van der Waals surface area contributed by atoms with Crippen LogP contribution in [0.25, 0.3) is 0 Å². The van der Waals surface area contributed by atoms with E-state index in [1.165, 1.54) is 6.26 Å². The van der Waals surface area contributed by atoms with Crippen LogP contribution < -0.4 is 0 Å². The Balaban J connectivity index is 1.73. The molecule has 0 bridgehead atoms. The van der Waals surface area contributed by atoms with Crippen LogP contribution in [-0.4, -0.2) is 35.2 Å². The number of carbonyl (C=O) groups is 1. The summed E-state index contributed by atoms with van der Waals surface area (Å²) in [5.74, 6) is -0.109. The predicted molar refractivity (Wildman–Crippen MR) is 74.5 cm³/mol. The van der Waals surface area contributed by atoms with Crippen molar-refractivity contribution >= 4 is 17.2 Å². The first-order valence-electron chi connectivity index (χ1n) is 6.66. The Morgan fingerprint density at radius 3 is 3.10 bits per heavy atom. The highest BCUT2D eigenvalue weighted by molar-refractivity contribution is 7.09. The first-order chi connectivity index (χ1) is 9.83. The van der Waals surface area contributed by atoms with E-state index in [1.807, 2.05) is 17.5 Å². The average Bonchev–Trinajstić information content (AvgIpc) is 3.20. The molecule has 2 aromatic heterocycles. The van der Waals surface area contributed by atoms with Crippen molar-refractivity contribution in [1.29, 1.82) is 0 Å². The molecule has 5 nitrogen and oxygen atoms in total. The maximum Gasteiger partial charge on any atom is 0.276 e. The Hall–Kier alpha value is -1.66. The fourth-order valence-electron chi connectivity index (χ4n) is 2.33. The van der Waals surface area contributed by atoms with Crippen LogP contribution in [0, 0.1) is 0 Å². The zero-order valence-electron chi connectivity index (χ0n) is 11.0. The molecule has 1 amide bonds. The number of aromatic nitrogens is 1. The van der Waals surface area contributed by atoms with Gasteiger partial charge in [0.2, 0.25) is 0 Å². The Kier molecular flexibility index (Phi) is 4.13. The second-order valence-corrected chi connectivity index (χ2v) is 5.82. The molecule has 106 valence electrons. The maximum absolute atomic E-state index is 12.5. The van der Waals surface area contributed by atoms with Gasteiger partial charge in [0.15, 0.2) is 5.69 Å². The topological polar surface area (TPSA) is 55.6 Å². The minimum atomic E-state index is -0.109. The Morgan fingerprint density at radius 2 is 2.45 bits per heavy atom. The molecule has 1 aliphatic heterocycles. The summed E-state index contributed by atoms with van der Waals surface area (Å²) >= 11 is 1.65. The van der Waals surface area contributed by atoms with Crippen LogP contribution in [-0.2, 0) is 11.3 Å². The number of carbonyl (C=O) groups excluding carboxylic acids is 1. The summed E-state index contributed by atoms with van der Waals surface area (Å²) in [5, 5.41) is 5.75. The lowest BCUT2D eigenvalue weighted by Crippen LogP contribution is -2.36. The molecule has 0 radical (unpaired) electrons. The molecule has 1 aliphatic rings. The van der Waals surface area contributed by atoms with Gasteiger partial charge in [0, 0.05) is 24.1 Å². The maximum atomic E-state index is 12.5. The molecule has 6 heteroatoms. The van der Waals surface area contributed by atoms with Gasteiger partial charge in [0.25, 0.3) is 5.91 Å². The summed E-state index contributed by atoms with van der Waals surface area (Å²) in [6.07, 6.45) is 3.62. The Labute approximate surface area is 121 Å². The Bertz CT molecular complexity index is 533. The van der Waals surface area contributed by atoms with Crippen LogP contribution in [0.15, 0.2) is 34.4 Å². The van der Waals surface area contributed by atoms with E-state index in [4.69, 9.17) is 9.26 Å².